The molecule has 0 spiro atoms. The zero-order chi connectivity index (χ0) is 25.6. The van der Waals surface area contributed by atoms with Gasteiger partial charge in [-0.1, -0.05) is 6.07 Å². The maximum absolute atomic E-state index is 14.2. The maximum atomic E-state index is 14.2. The number of ether oxygens (including phenoxy) is 2. The van der Waals surface area contributed by atoms with Crippen LogP contribution < -0.4 is 14.7 Å². The highest BCUT2D eigenvalue weighted by Crippen LogP contribution is 2.41. The minimum absolute atomic E-state index is 0.00494. The highest BCUT2D eigenvalue weighted by molar-refractivity contribution is 5.58. The second kappa shape index (κ2) is 12.4. The van der Waals surface area contributed by atoms with Crippen LogP contribution in [0.2, 0.25) is 0 Å². The summed E-state index contributed by atoms with van der Waals surface area (Å²) >= 11 is 0. The fraction of sp³-hybridized carbons (Fsp3) is 0.621. The largest absolute Gasteiger partial charge is 0.394 e. The number of nitrogens with zero attached hydrogens (tertiary/aromatic N) is 4. The van der Waals surface area contributed by atoms with Crippen molar-refractivity contribution in [2.75, 3.05) is 67.3 Å². The van der Waals surface area contributed by atoms with E-state index in [4.69, 9.17) is 19.6 Å². The molecule has 202 valence electrons. The summed E-state index contributed by atoms with van der Waals surface area (Å²) in [5.74, 6) is 1.05. The van der Waals surface area contributed by atoms with E-state index in [1.54, 1.807) is 12.1 Å². The molecule has 3 saturated heterocycles. The van der Waals surface area contributed by atoms with Crippen LogP contribution in [0, 0.1) is 11.7 Å². The van der Waals surface area contributed by atoms with Gasteiger partial charge in [-0.2, -0.15) is 0 Å². The van der Waals surface area contributed by atoms with Crippen LogP contribution in [0.5, 0.6) is 0 Å². The Hall–Kier alpha value is -2.42. The lowest BCUT2D eigenvalue weighted by molar-refractivity contribution is -0.0180. The lowest BCUT2D eigenvalue weighted by atomic mass is 9.87. The van der Waals surface area contributed by atoms with Gasteiger partial charge < -0.3 is 29.3 Å². The molecule has 0 aliphatic carbocycles. The average Bonchev–Trinajstić information content (AvgIpc) is 3.33. The van der Waals surface area contributed by atoms with Crippen molar-refractivity contribution < 1.29 is 19.0 Å². The fourth-order valence-electron chi connectivity index (χ4n) is 6.47. The highest BCUT2D eigenvalue weighted by atomic mass is 19.1. The monoisotopic (exact) mass is 512 g/mol. The SMILES string of the molecule is CC(OCCOCCO)[C@H]1CN(c2cc(N3CCCCC3)ccn2)[C@H]2CCCN(c3cccc(F)c3)[C@@H]12. The molecule has 1 N–H and O–H groups in total. The molecule has 2 aromatic rings. The minimum Gasteiger partial charge on any atom is -0.394 e. The van der Waals surface area contributed by atoms with Crippen LogP contribution in [0.15, 0.2) is 42.6 Å². The Kier molecular flexibility index (Phi) is 8.79. The van der Waals surface area contributed by atoms with Crippen LogP contribution in [0.1, 0.15) is 39.0 Å². The molecule has 3 fully saturated rings. The van der Waals surface area contributed by atoms with Gasteiger partial charge in [0.1, 0.15) is 11.6 Å². The van der Waals surface area contributed by atoms with E-state index >= 15 is 0 Å². The van der Waals surface area contributed by atoms with E-state index in [1.807, 2.05) is 12.3 Å². The second-order valence-corrected chi connectivity index (χ2v) is 10.5. The zero-order valence-corrected chi connectivity index (χ0v) is 22.0. The molecule has 1 aromatic carbocycles. The molecule has 4 heterocycles. The van der Waals surface area contributed by atoms with Gasteiger partial charge in [-0.05, 0) is 63.3 Å². The molecule has 3 aliphatic heterocycles. The molecule has 0 amide bonds. The van der Waals surface area contributed by atoms with Crippen molar-refractivity contribution in [1.29, 1.82) is 0 Å². The van der Waals surface area contributed by atoms with E-state index in [9.17, 15) is 4.39 Å². The molecular weight excluding hydrogens is 471 g/mol. The molecule has 1 aromatic heterocycles. The molecule has 0 saturated carbocycles. The van der Waals surface area contributed by atoms with E-state index < -0.39 is 0 Å². The Morgan fingerprint density at radius 2 is 1.86 bits per heavy atom. The van der Waals surface area contributed by atoms with Crippen LogP contribution in [-0.2, 0) is 9.47 Å². The van der Waals surface area contributed by atoms with Crippen LogP contribution in [0.3, 0.4) is 0 Å². The predicted molar refractivity (Wildman–Crippen MR) is 145 cm³/mol. The van der Waals surface area contributed by atoms with Gasteiger partial charge in [-0.25, -0.2) is 9.37 Å². The van der Waals surface area contributed by atoms with Crippen LogP contribution >= 0.6 is 0 Å². The zero-order valence-electron chi connectivity index (χ0n) is 22.0. The summed E-state index contributed by atoms with van der Waals surface area (Å²) in [5, 5.41) is 8.96. The number of pyridine rings is 1. The molecule has 4 atom stereocenters. The minimum atomic E-state index is -0.202. The summed E-state index contributed by atoms with van der Waals surface area (Å²) in [7, 11) is 0. The van der Waals surface area contributed by atoms with Gasteiger partial charge in [0.15, 0.2) is 0 Å². The van der Waals surface area contributed by atoms with Crippen LogP contribution in [0.25, 0.3) is 0 Å². The van der Waals surface area contributed by atoms with Gasteiger partial charge in [-0.15, -0.1) is 0 Å². The molecule has 0 bridgehead atoms. The second-order valence-electron chi connectivity index (χ2n) is 10.5. The molecular formula is C29H41FN4O3. The van der Waals surface area contributed by atoms with Crippen molar-refractivity contribution in [3.63, 3.8) is 0 Å². The molecule has 7 nitrogen and oxygen atoms in total. The van der Waals surface area contributed by atoms with Crippen LogP contribution in [-0.4, -0.2) is 80.9 Å². The summed E-state index contributed by atoms with van der Waals surface area (Å²) < 4.78 is 25.9. The third-order valence-corrected chi connectivity index (χ3v) is 8.23. The standard InChI is InChI=1S/C29H41FN4O3/c1-22(37-18-17-36-16-15-35)26-21-34(28-20-24(10-11-31-28)32-12-3-2-4-13-32)27-9-6-14-33(29(26)27)25-8-5-7-23(30)19-25/h5,7-8,10-11,19-20,22,26-27,29,35H,2-4,6,9,12-18,21H2,1H3/t22?,26-,27+,29+/m1/s1. The summed E-state index contributed by atoms with van der Waals surface area (Å²) in [6.45, 7) is 7.39. The number of hydrogen-bond acceptors (Lipinski definition) is 7. The number of anilines is 3. The third kappa shape index (κ3) is 6.02. The third-order valence-electron chi connectivity index (χ3n) is 8.23. The Bertz CT molecular complexity index is 1000. The lowest BCUT2D eigenvalue weighted by Crippen LogP contribution is -2.53. The first kappa shape index (κ1) is 26.2. The number of fused-ring (bicyclic) bond motifs is 1. The van der Waals surface area contributed by atoms with Gasteiger partial charge in [0.2, 0.25) is 0 Å². The topological polar surface area (TPSA) is 61.3 Å². The van der Waals surface area contributed by atoms with Crippen molar-refractivity contribution in [3.8, 4) is 0 Å². The van der Waals surface area contributed by atoms with Crippen molar-refractivity contribution in [1.82, 2.24) is 4.98 Å². The Labute approximate surface area is 220 Å². The predicted octanol–water partition coefficient (Wildman–Crippen LogP) is 4.10. The van der Waals surface area contributed by atoms with Gasteiger partial charge >= 0.3 is 0 Å². The number of rotatable bonds is 10. The number of benzene rings is 1. The first-order chi connectivity index (χ1) is 18.2. The van der Waals surface area contributed by atoms with Crippen LogP contribution in [0.4, 0.5) is 21.6 Å². The van der Waals surface area contributed by atoms with E-state index in [0.29, 0.717) is 19.8 Å². The number of aromatic nitrogens is 1. The Balaban J connectivity index is 1.40. The van der Waals surface area contributed by atoms with Crippen molar-refractivity contribution >= 4 is 17.2 Å². The number of hydrogen-bond donors (Lipinski definition) is 1. The van der Waals surface area contributed by atoms with Crippen molar-refractivity contribution in [3.05, 3.63) is 48.4 Å². The number of aliphatic hydroxyl groups is 1. The molecule has 5 rings (SSSR count). The molecule has 37 heavy (non-hydrogen) atoms. The van der Waals surface area contributed by atoms with E-state index in [1.165, 1.54) is 31.0 Å². The summed E-state index contributed by atoms with van der Waals surface area (Å²) in [6, 6.07) is 11.9. The highest BCUT2D eigenvalue weighted by Gasteiger charge is 2.49. The summed E-state index contributed by atoms with van der Waals surface area (Å²) in [5.41, 5.74) is 2.20. The smallest absolute Gasteiger partial charge is 0.130 e. The summed E-state index contributed by atoms with van der Waals surface area (Å²) in [6.07, 6.45) is 7.88. The lowest BCUT2D eigenvalue weighted by Gasteiger charge is -2.44. The Morgan fingerprint density at radius 3 is 2.68 bits per heavy atom. The summed E-state index contributed by atoms with van der Waals surface area (Å²) in [4.78, 5) is 12.2. The first-order valence-electron chi connectivity index (χ1n) is 14.0. The van der Waals surface area contributed by atoms with E-state index in [0.717, 1.165) is 50.5 Å². The molecule has 3 aliphatic rings. The van der Waals surface area contributed by atoms with Gasteiger partial charge in [0.25, 0.3) is 0 Å². The molecule has 1 unspecified atom stereocenters. The van der Waals surface area contributed by atoms with Gasteiger partial charge in [0, 0.05) is 55.7 Å². The number of piperidine rings is 2. The van der Waals surface area contributed by atoms with E-state index in [-0.39, 0.29) is 36.5 Å². The number of halogens is 1. The maximum Gasteiger partial charge on any atom is 0.130 e. The average molecular weight is 513 g/mol. The fourth-order valence-corrected chi connectivity index (χ4v) is 6.47. The molecule has 0 radical (unpaired) electrons. The normalized spacial score (nSPS) is 24.8. The van der Waals surface area contributed by atoms with Crippen molar-refractivity contribution in [2.24, 2.45) is 5.92 Å². The Morgan fingerprint density at radius 1 is 1.00 bits per heavy atom. The van der Waals surface area contributed by atoms with E-state index in [2.05, 4.69) is 33.8 Å². The first-order valence-corrected chi connectivity index (χ1v) is 14.0. The van der Waals surface area contributed by atoms with Crippen molar-refractivity contribution in [2.45, 2.75) is 57.2 Å². The van der Waals surface area contributed by atoms with Gasteiger partial charge in [0.05, 0.1) is 44.6 Å². The number of aliphatic hydroxyl groups excluding tert-OH is 1. The van der Waals surface area contributed by atoms with Gasteiger partial charge in [-0.3, -0.25) is 0 Å². The molecule has 8 heteroatoms. The quantitative estimate of drug-likeness (QED) is 0.481.